The standard InChI is InChI=1S/C19H17BrN4O3/c1-25-15-7-11-9-21-17-18(24-13-5-3-12(20)4-6-13)22-10-23-19(17)27-14(11)8-16(15)26-2/h3-8,10,21H,9H2,1-2H3,(H,22,23,24). The maximum absolute atomic E-state index is 6.05. The fourth-order valence-electron chi connectivity index (χ4n) is 2.79. The van der Waals surface area contributed by atoms with Crippen LogP contribution in [0.5, 0.6) is 23.1 Å². The SMILES string of the molecule is COc1cc2c(cc1OC)Oc1ncnc(Nc3ccc(Br)cc3)c1NC2. The fourth-order valence-corrected chi connectivity index (χ4v) is 3.06. The van der Waals surface area contributed by atoms with E-state index in [0.717, 1.165) is 15.7 Å². The van der Waals surface area contributed by atoms with Crippen LogP contribution in [0.15, 0.2) is 47.2 Å². The molecule has 0 spiro atoms. The van der Waals surface area contributed by atoms with E-state index in [1.807, 2.05) is 30.3 Å². The Bertz CT molecular complexity index is 979. The summed E-state index contributed by atoms with van der Waals surface area (Å²) in [7, 11) is 3.20. The van der Waals surface area contributed by atoms with Gasteiger partial charge in [-0.2, -0.15) is 4.98 Å². The van der Waals surface area contributed by atoms with E-state index in [9.17, 15) is 0 Å². The summed E-state index contributed by atoms with van der Waals surface area (Å²) in [5, 5.41) is 6.65. The Labute approximate surface area is 164 Å². The molecule has 2 heterocycles. The molecule has 0 saturated carbocycles. The van der Waals surface area contributed by atoms with Crippen molar-refractivity contribution in [2.24, 2.45) is 0 Å². The van der Waals surface area contributed by atoms with Crippen molar-refractivity contribution in [2.45, 2.75) is 6.54 Å². The highest BCUT2D eigenvalue weighted by molar-refractivity contribution is 9.10. The van der Waals surface area contributed by atoms with Crippen LogP contribution in [-0.4, -0.2) is 24.2 Å². The van der Waals surface area contributed by atoms with Crippen LogP contribution in [0.2, 0.25) is 0 Å². The first-order chi connectivity index (χ1) is 13.2. The van der Waals surface area contributed by atoms with Gasteiger partial charge in [-0.1, -0.05) is 15.9 Å². The molecule has 4 rings (SSSR count). The van der Waals surface area contributed by atoms with Crippen molar-refractivity contribution in [2.75, 3.05) is 24.9 Å². The Kier molecular flexibility index (Phi) is 4.72. The Hall–Kier alpha value is -3.00. The molecule has 0 unspecified atom stereocenters. The molecule has 1 aliphatic heterocycles. The van der Waals surface area contributed by atoms with E-state index in [4.69, 9.17) is 14.2 Å². The number of methoxy groups -OCH3 is 2. The predicted molar refractivity (Wildman–Crippen MR) is 106 cm³/mol. The number of hydrogen-bond donors (Lipinski definition) is 2. The van der Waals surface area contributed by atoms with Crippen molar-refractivity contribution < 1.29 is 14.2 Å². The Morgan fingerprint density at radius 2 is 1.81 bits per heavy atom. The van der Waals surface area contributed by atoms with Crippen LogP contribution in [0, 0.1) is 0 Å². The summed E-state index contributed by atoms with van der Waals surface area (Å²) in [4.78, 5) is 8.63. The molecule has 0 bridgehead atoms. The third-order valence-corrected chi connectivity index (χ3v) is 4.68. The number of nitrogens with one attached hydrogen (secondary N) is 2. The zero-order chi connectivity index (χ0) is 18.8. The monoisotopic (exact) mass is 428 g/mol. The summed E-state index contributed by atoms with van der Waals surface area (Å²) in [5.41, 5.74) is 2.53. The van der Waals surface area contributed by atoms with Gasteiger partial charge in [-0.25, -0.2) is 4.98 Å². The van der Waals surface area contributed by atoms with Crippen molar-refractivity contribution in [3.63, 3.8) is 0 Å². The van der Waals surface area contributed by atoms with Gasteiger partial charge in [-0.3, -0.25) is 0 Å². The molecule has 0 aliphatic carbocycles. The van der Waals surface area contributed by atoms with E-state index < -0.39 is 0 Å². The summed E-state index contributed by atoms with van der Waals surface area (Å²) < 4.78 is 17.8. The van der Waals surface area contributed by atoms with Gasteiger partial charge < -0.3 is 24.8 Å². The zero-order valence-electron chi connectivity index (χ0n) is 14.7. The van der Waals surface area contributed by atoms with Gasteiger partial charge in [-0.05, 0) is 30.3 Å². The molecule has 0 atom stereocenters. The molecule has 7 nitrogen and oxygen atoms in total. The van der Waals surface area contributed by atoms with Gasteiger partial charge in [0.05, 0.1) is 14.2 Å². The summed E-state index contributed by atoms with van der Waals surface area (Å²) in [6, 6.07) is 11.5. The topological polar surface area (TPSA) is 77.5 Å². The maximum Gasteiger partial charge on any atom is 0.248 e. The highest BCUT2D eigenvalue weighted by atomic mass is 79.9. The molecule has 2 N–H and O–H groups in total. The maximum atomic E-state index is 6.05. The van der Waals surface area contributed by atoms with Crippen molar-refractivity contribution in [3.05, 3.63) is 52.8 Å². The summed E-state index contributed by atoms with van der Waals surface area (Å²) in [6.45, 7) is 0.533. The van der Waals surface area contributed by atoms with Crippen LogP contribution in [0.1, 0.15) is 5.56 Å². The molecule has 0 amide bonds. The quantitative estimate of drug-likeness (QED) is 0.622. The lowest BCUT2D eigenvalue weighted by Crippen LogP contribution is -2.04. The van der Waals surface area contributed by atoms with E-state index >= 15 is 0 Å². The summed E-state index contributed by atoms with van der Waals surface area (Å²) in [5.74, 6) is 2.98. The summed E-state index contributed by atoms with van der Waals surface area (Å²) in [6.07, 6.45) is 1.47. The largest absolute Gasteiger partial charge is 0.493 e. The van der Waals surface area contributed by atoms with Crippen molar-refractivity contribution in [3.8, 4) is 23.1 Å². The van der Waals surface area contributed by atoms with Crippen LogP contribution in [0.4, 0.5) is 17.2 Å². The number of fused-ring (bicyclic) bond motifs is 2. The average Bonchev–Trinajstić information content (AvgIpc) is 2.87. The van der Waals surface area contributed by atoms with Crippen LogP contribution in [0.25, 0.3) is 0 Å². The van der Waals surface area contributed by atoms with Gasteiger partial charge in [0.25, 0.3) is 0 Å². The minimum atomic E-state index is 0.440. The van der Waals surface area contributed by atoms with E-state index in [1.165, 1.54) is 6.33 Å². The van der Waals surface area contributed by atoms with Gasteiger partial charge in [0, 0.05) is 28.3 Å². The molecule has 8 heteroatoms. The van der Waals surface area contributed by atoms with Gasteiger partial charge in [0.1, 0.15) is 17.8 Å². The number of halogens is 1. The highest BCUT2D eigenvalue weighted by Crippen LogP contribution is 2.42. The normalized spacial score (nSPS) is 12.0. The number of ether oxygens (including phenoxy) is 3. The van der Waals surface area contributed by atoms with E-state index in [2.05, 4.69) is 36.5 Å². The minimum absolute atomic E-state index is 0.440. The molecule has 0 radical (unpaired) electrons. The van der Waals surface area contributed by atoms with Crippen LogP contribution >= 0.6 is 15.9 Å². The molecule has 138 valence electrons. The Morgan fingerprint density at radius 3 is 2.56 bits per heavy atom. The second kappa shape index (κ2) is 7.32. The van der Waals surface area contributed by atoms with Crippen molar-refractivity contribution in [1.29, 1.82) is 0 Å². The van der Waals surface area contributed by atoms with Crippen molar-refractivity contribution in [1.82, 2.24) is 9.97 Å². The number of hydrogen-bond acceptors (Lipinski definition) is 7. The second-order valence-electron chi connectivity index (χ2n) is 5.80. The molecule has 0 fully saturated rings. The van der Waals surface area contributed by atoms with Gasteiger partial charge in [-0.15, -0.1) is 0 Å². The number of nitrogens with zero attached hydrogens (tertiary/aromatic N) is 2. The molecular formula is C19H17BrN4O3. The van der Waals surface area contributed by atoms with Gasteiger partial charge >= 0.3 is 0 Å². The van der Waals surface area contributed by atoms with E-state index in [1.54, 1.807) is 20.3 Å². The van der Waals surface area contributed by atoms with E-state index in [0.29, 0.717) is 41.2 Å². The first-order valence-electron chi connectivity index (χ1n) is 8.22. The lowest BCUT2D eigenvalue weighted by Gasteiger charge is -2.13. The Morgan fingerprint density at radius 1 is 1.07 bits per heavy atom. The van der Waals surface area contributed by atoms with Gasteiger partial charge in [0.2, 0.25) is 5.88 Å². The molecule has 1 aliphatic rings. The Balaban J connectivity index is 1.69. The predicted octanol–water partition coefficient (Wildman–Crippen LogP) is 4.72. The third-order valence-electron chi connectivity index (χ3n) is 4.15. The summed E-state index contributed by atoms with van der Waals surface area (Å²) >= 11 is 3.44. The first-order valence-corrected chi connectivity index (χ1v) is 9.01. The lowest BCUT2D eigenvalue weighted by molar-refractivity contribution is 0.351. The first kappa shape index (κ1) is 17.4. The van der Waals surface area contributed by atoms with E-state index in [-0.39, 0.29) is 0 Å². The number of benzene rings is 2. The molecule has 27 heavy (non-hydrogen) atoms. The fraction of sp³-hybridized carbons (Fsp3) is 0.158. The minimum Gasteiger partial charge on any atom is -0.493 e. The van der Waals surface area contributed by atoms with Crippen molar-refractivity contribution >= 4 is 33.1 Å². The zero-order valence-corrected chi connectivity index (χ0v) is 16.3. The lowest BCUT2D eigenvalue weighted by atomic mass is 10.1. The van der Waals surface area contributed by atoms with Gasteiger partial charge in [0.15, 0.2) is 17.3 Å². The number of anilines is 3. The molecule has 3 aromatic rings. The van der Waals surface area contributed by atoms with Crippen LogP contribution < -0.4 is 24.8 Å². The second-order valence-corrected chi connectivity index (χ2v) is 6.72. The molecule has 2 aromatic carbocycles. The number of aromatic nitrogens is 2. The smallest absolute Gasteiger partial charge is 0.248 e. The number of rotatable bonds is 4. The molecule has 1 aromatic heterocycles. The average molecular weight is 429 g/mol. The third kappa shape index (κ3) is 3.48. The molecular weight excluding hydrogens is 412 g/mol. The van der Waals surface area contributed by atoms with Crippen LogP contribution in [-0.2, 0) is 6.54 Å². The highest BCUT2D eigenvalue weighted by Gasteiger charge is 2.21. The van der Waals surface area contributed by atoms with Crippen LogP contribution in [0.3, 0.4) is 0 Å². The molecule has 0 saturated heterocycles.